The van der Waals surface area contributed by atoms with Crippen LogP contribution in [0.4, 0.5) is 0 Å². The third-order valence-electron chi connectivity index (χ3n) is 2.55. The predicted molar refractivity (Wildman–Crippen MR) is 57.9 cm³/mol. The molecule has 1 aliphatic rings. The standard InChI is InChI=1S/C11H19NO4/c1-3-15-9(2)11(14)16-8-10(13)12-6-4-5-7-12/h9H,3-8H2,1-2H3. The number of nitrogens with zero attached hydrogens (tertiary/aromatic N) is 1. The van der Waals surface area contributed by atoms with Gasteiger partial charge in [-0.2, -0.15) is 0 Å². The number of amides is 1. The molecule has 1 atom stereocenters. The molecule has 1 saturated heterocycles. The number of rotatable bonds is 5. The van der Waals surface area contributed by atoms with E-state index < -0.39 is 12.1 Å². The summed E-state index contributed by atoms with van der Waals surface area (Å²) in [5.74, 6) is -0.594. The molecule has 0 bridgehead atoms. The smallest absolute Gasteiger partial charge is 0.335 e. The van der Waals surface area contributed by atoms with Gasteiger partial charge in [-0.15, -0.1) is 0 Å². The topological polar surface area (TPSA) is 55.8 Å². The predicted octanol–water partition coefficient (Wildman–Crippen LogP) is 0.577. The SMILES string of the molecule is CCOC(C)C(=O)OCC(=O)N1CCCC1. The van der Waals surface area contributed by atoms with Gasteiger partial charge in [0.15, 0.2) is 12.7 Å². The molecule has 1 unspecified atom stereocenters. The van der Waals surface area contributed by atoms with E-state index in [4.69, 9.17) is 9.47 Å². The summed E-state index contributed by atoms with van der Waals surface area (Å²) in [5.41, 5.74) is 0. The zero-order chi connectivity index (χ0) is 12.0. The highest BCUT2D eigenvalue weighted by Crippen LogP contribution is 2.07. The van der Waals surface area contributed by atoms with E-state index in [2.05, 4.69) is 0 Å². The van der Waals surface area contributed by atoms with E-state index in [9.17, 15) is 9.59 Å². The molecule has 1 rings (SSSR count). The quantitative estimate of drug-likeness (QED) is 0.647. The Balaban J connectivity index is 2.22. The van der Waals surface area contributed by atoms with Crippen molar-refractivity contribution in [3.8, 4) is 0 Å². The van der Waals surface area contributed by atoms with Crippen LogP contribution in [0.3, 0.4) is 0 Å². The zero-order valence-corrected chi connectivity index (χ0v) is 9.90. The molecule has 0 spiro atoms. The van der Waals surface area contributed by atoms with Crippen LogP contribution in [-0.4, -0.2) is 49.2 Å². The van der Waals surface area contributed by atoms with Crippen molar-refractivity contribution < 1.29 is 19.1 Å². The minimum Gasteiger partial charge on any atom is -0.454 e. The maximum atomic E-state index is 11.5. The van der Waals surface area contributed by atoms with E-state index >= 15 is 0 Å². The summed E-state index contributed by atoms with van der Waals surface area (Å²) in [6.07, 6.45) is 1.47. The third kappa shape index (κ3) is 3.81. The van der Waals surface area contributed by atoms with Crippen molar-refractivity contribution in [3.05, 3.63) is 0 Å². The average Bonchev–Trinajstić information content (AvgIpc) is 2.79. The van der Waals surface area contributed by atoms with Gasteiger partial charge in [0.2, 0.25) is 0 Å². The largest absolute Gasteiger partial charge is 0.454 e. The van der Waals surface area contributed by atoms with E-state index in [1.165, 1.54) is 0 Å². The van der Waals surface area contributed by atoms with E-state index in [0.717, 1.165) is 25.9 Å². The first-order chi connectivity index (χ1) is 7.65. The Morgan fingerprint density at radius 2 is 1.94 bits per heavy atom. The van der Waals surface area contributed by atoms with Crippen LogP contribution in [-0.2, 0) is 19.1 Å². The van der Waals surface area contributed by atoms with Gasteiger partial charge in [0.1, 0.15) is 0 Å². The lowest BCUT2D eigenvalue weighted by atomic mass is 10.4. The summed E-state index contributed by atoms with van der Waals surface area (Å²) in [6.45, 7) is 5.26. The van der Waals surface area contributed by atoms with Crippen molar-refractivity contribution >= 4 is 11.9 Å². The van der Waals surface area contributed by atoms with Crippen LogP contribution in [0.5, 0.6) is 0 Å². The Kier molecular flexibility index (Phi) is 5.25. The Bertz CT molecular complexity index is 248. The molecule has 0 aromatic rings. The highest BCUT2D eigenvalue weighted by atomic mass is 16.6. The van der Waals surface area contributed by atoms with Gasteiger partial charge in [-0.3, -0.25) is 4.79 Å². The monoisotopic (exact) mass is 229 g/mol. The van der Waals surface area contributed by atoms with Crippen LogP contribution in [0.2, 0.25) is 0 Å². The van der Waals surface area contributed by atoms with Gasteiger partial charge in [0, 0.05) is 19.7 Å². The summed E-state index contributed by atoms with van der Waals surface area (Å²) >= 11 is 0. The molecule has 0 N–H and O–H groups in total. The van der Waals surface area contributed by atoms with E-state index in [0.29, 0.717) is 6.61 Å². The fourth-order valence-electron chi connectivity index (χ4n) is 1.63. The molecular formula is C11H19NO4. The molecule has 0 aliphatic carbocycles. The van der Waals surface area contributed by atoms with E-state index in [1.807, 2.05) is 0 Å². The van der Waals surface area contributed by atoms with Crippen molar-refractivity contribution in [2.75, 3.05) is 26.3 Å². The molecule has 0 aromatic heterocycles. The van der Waals surface area contributed by atoms with Gasteiger partial charge in [0.25, 0.3) is 5.91 Å². The number of ether oxygens (including phenoxy) is 2. The highest BCUT2D eigenvalue weighted by Gasteiger charge is 2.21. The van der Waals surface area contributed by atoms with Crippen molar-refractivity contribution in [3.63, 3.8) is 0 Å². The Hall–Kier alpha value is -1.10. The summed E-state index contributed by atoms with van der Waals surface area (Å²) < 4.78 is 9.94. The lowest BCUT2D eigenvalue weighted by Crippen LogP contribution is -2.34. The van der Waals surface area contributed by atoms with Gasteiger partial charge in [-0.25, -0.2) is 4.79 Å². The molecular weight excluding hydrogens is 210 g/mol. The maximum Gasteiger partial charge on any atom is 0.335 e. The van der Waals surface area contributed by atoms with Crippen LogP contribution in [0.15, 0.2) is 0 Å². The second-order valence-corrected chi connectivity index (χ2v) is 3.79. The summed E-state index contributed by atoms with van der Waals surface area (Å²) in [4.78, 5) is 24.6. The van der Waals surface area contributed by atoms with Crippen molar-refractivity contribution in [1.82, 2.24) is 4.90 Å². The molecule has 5 heteroatoms. The van der Waals surface area contributed by atoms with Crippen molar-refractivity contribution in [1.29, 1.82) is 0 Å². The molecule has 5 nitrogen and oxygen atoms in total. The van der Waals surface area contributed by atoms with Crippen LogP contribution >= 0.6 is 0 Å². The zero-order valence-electron chi connectivity index (χ0n) is 9.90. The van der Waals surface area contributed by atoms with Crippen LogP contribution in [0.25, 0.3) is 0 Å². The molecule has 0 aromatic carbocycles. The van der Waals surface area contributed by atoms with Gasteiger partial charge >= 0.3 is 5.97 Å². The third-order valence-corrected chi connectivity index (χ3v) is 2.55. The Labute approximate surface area is 95.7 Å². The normalized spacial score (nSPS) is 17.2. The molecule has 0 saturated carbocycles. The summed E-state index contributed by atoms with van der Waals surface area (Å²) in [7, 11) is 0. The first-order valence-electron chi connectivity index (χ1n) is 5.71. The number of esters is 1. The van der Waals surface area contributed by atoms with Crippen LogP contribution < -0.4 is 0 Å². The summed E-state index contributed by atoms with van der Waals surface area (Å²) in [6, 6.07) is 0. The van der Waals surface area contributed by atoms with Crippen LogP contribution in [0, 0.1) is 0 Å². The Morgan fingerprint density at radius 1 is 1.31 bits per heavy atom. The number of likely N-dealkylation sites (tertiary alicyclic amines) is 1. The molecule has 1 amide bonds. The lowest BCUT2D eigenvalue weighted by Gasteiger charge is -2.16. The molecule has 1 aliphatic heterocycles. The molecule has 1 heterocycles. The second-order valence-electron chi connectivity index (χ2n) is 3.79. The second kappa shape index (κ2) is 6.48. The van der Waals surface area contributed by atoms with Gasteiger partial charge in [-0.1, -0.05) is 0 Å². The molecule has 1 fully saturated rings. The average molecular weight is 229 g/mol. The Morgan fingerprint density at radius 3 is 2.50 bits per heavy atom. The highest BCUT2D eigenvalue weighted by molar-refractivity contribution is 5.82. The number of hydrogen-bond donors (Lipinski definition) is 0. The first kappa shape index (κ1) is 13.0. The van der Waals surface area contributed by atoms with Crippen LogP contribution in [0.1, 0.15) is 26.7 Å². The van der Waals surface area contributed by atoms with E-state index in [1.54, 1.807) is 18.7 Å². The lowest BCUT2D eigenvalue weighted by molar-refractivity contribution is -0.160. The molecule has 16 heavy (non-hydrogen) atoms. The van der Waals surface area contributed by atoms with Gasteiger partial charge in [0.05, 0.1) is 0 Å². The first-order valence-corrected chi connectivity index (χ1v) is 5.71. The number of carbonyl (C=O) groups excluding carboxylic acids is 2. The van der Waals surface area contributed by atoms with Gasteiger partial charge < -0.3 is 14.4 Å². The number of hydrogen-bond acceptors (Lipinski definition) is 4. The van der Waals surface area contributed by atoms with Crippen molar-refractivity contribution in [2.45, 2.75) is 32.8 Å². The maximum absolute atomic E-state index is 11.5. The van der Waals surface area contributed by atoms with E-state index in [-0.39, 0.29) is 12.5 Å². The van der Waals surface area contributed by atoms with Gasteiger partial charge in [-0.05, 0) is 26.7 Å². The minimum atomic E-state index is -0.601. The molecule has 92 valence electrons. The fraction of sp³-hybridized carbons (Fsp3) is 0.818. The minimum absolute atomic E-state index is 0.116. The van der Waals surface area contributed by atoms with Crippen molar-refractivity contribution in [2.24, 2.45) is 0 Å². The summed E-state index contributed by atoms with van der Waals surface area (Å²) in [5, 5.41) is 0. The molecule has 0 radical (unpaired) electrons. The fourth-order valence-corrected chi connectivity index (χ4v) is 1.63. The number of carbonyl (C=O) groups is 2.